The van der Waals surface area contributed by atoms with Gasteiger partial charge in [-0.1, -0.05) is 18.2 Å². The van der Waals surface area contributed by atoms with Gasteiger partial charge in [-0.2, -0.15) is 0 Å². The van der Waals surface area contributed by atoms with Crippen molar-refractivity contribution in [3.8, 4) is 0 Å². The van der Waals surface area contributed by atoms with Crippen LogP contribution in [0.25, 0.3) is 10.9 Å². The third kappa shape index (κ3) is 3.17. The van der Waals surface area contributed by atoms with E-state index in [1.165, 1.54) is 11.3 Å². The van der Waals surface area contributed by atoms with E-state index in [1.54, 1.807) is 5.51 Å². The fourth-order valence-corrected chi connectivity index (χ4v) is 2.57. The fraction of sp³-hybridized carbons (Fsp3) is 0.133. The van der Waals surface area contributed by atoms with E-state index in [2.05, 4.69) is 20.6 Å². The number of carbonyl (C=O) groups excluding carboxylic acids is 1. The molecule has 5 nitrogen and oxygen atoms in total. The van der Waals surface area contributed by atoms with Crippen LogP contribution in [0.5, 0.6) is 0 Å². The Hall–Kier alpha value is -2.47. The molecule has 0 saturated heterocycles. The van der Waals surface area contributed by atoms with E-state index in [9.17, 15) is 4.79 Å². The largest absolute Gasteiger partial charge is 0.332 e. The van der Waals surface area contributed by atoms with Crippen LogP contribution >= 0.6 is 11.3 Å². The van der Waals surface area contributed by atoms with Crippen molar-refractivity contribution in [3.05, 3.63) is 52.6 Å². The summed E-state index contributed by atoms with van der Waals surface area (Å²) in [6, 6.07) is 9.40. The SMILES string of the molecule is Cc1ccc2cccc(NC(=O)NCc3cscn3)c2n1. The maximum atomic E-state index is 12.0. The molecule has 0 atom stereocenters. The smallest absolute Gasteiger partial charge is 0.319 e. The number of para-hydroxylation sites is 1. The number of carbonyl (C=O) groups is 1. The number of aryl methyl sites for hydroxylation is 1. The van der Waals surface area contributed by atoms with Crippen LogP contribution in [0.2, 0.25) is 0 Å². The summed E-state index contributed by atoms with van der Waals surface area (Å²) in [4.78, 5) is 20.6. The van der Waals surface area contributed by atoms with Crippen LogP contribution in [-0.4, -0.2) is 16.0 Å². The molecule has 2 amide bonds. The van der Waals surface area contributed by atoms with Crippen molar-refractivity contribution < 1.29 is 4.79 Å². The van der Waals surface area contributed by atoms with Crippen LogP contribution in [0, 0.1) is 6.92 Å². The van der Waals surface area contributed by atoms with Gasteiger partial charge in [-0.3, -0.25) is 4.98 Å². The number of amides is 2. The summed E-state index contributed by atoms with van der Waals surface area (Å²) in [5.41, 5.74) is 5.00. The van der Waals surface area contributed by atoms with Crippen molar-refractivity contribution in [3.63, 3.8) is 0 Å². The van der Waals surface area contributed by atoms with E-state index in [-0.39, 0.29) is 6.03 Å². The third-order valence-corrected chi connectivity index (χ3v) is 3.66. The highest BCUT2D eigenvalue weighted by Crippen LogP contribution is 2.21. The Kier molecular flexibility index (Phi) is 3.79. The Balaban J connectivity index is 1.75. The normalized spacial score (nSPS) is 10.5. The maximum Gasteiger partial charge on any atom is 0.319 e. The Bertz CT molecular complexity index is 770. The molecule has 0 fully saturated rings. The lowest BCUT2D eigenvalue weighted by Crippen LogP contribution is -2.28. The van der Waals surface area contributed by atoms with Gasteiger partial charge in [0.2, 0.25) is 0 Å². The Morgan fingerprint density at radius 3 is 3.00 bits per heavy atom. The van der Waals surface area contributed by atoms with E-state index in [1.807, 2.05) is 42.6 Å². The number of thiazole rings is 1. The van der Waals surface area contributed by atoms with Crippen LogP contribution in [-0.2, 0) is 6.54 Å². The second-order valence-electron chi connectivity index (χ2n) is 4.62. The molecule has 0 aliphatic carbocycles. The predicted molar refractivity (Wildman–Crippen MR) is 84.5 cm³/mol. The number of anilines is 1. The van der Waals surface area contributed by atoms with Crippen LogP contribution in [0.4, 0.5) is 10.5 Å². The number of pyridine rings is 1. The molecular formula is C15H14N4OS. The van der Waals surface area contributed by atoms with Gasteiger partial charge >= 0.3 is 6.03 Å². The van der Waals surface area contributed by atoms with Gasteiger partial charge in [-0.05, 0) is 19.1 Å². The number of aromatic nitrogens is 2. The van der Waals surface area contributed by atoms with Crippen LogP contribution in [0.15, 0.2) is 41.2 Å². The number of fused-ring (bicyclic) bond motifs is 1. The first-order valence-electron chi connectivity index (χ1n) is 6.51. The Morgan fingerprint density at radius 2 is 2.19 bits per heavy atom. The average molecular weight is 298 g/mol. The molecule has 0 saturated carbocycles. The molecule has 0 aliphatic rings. The Morgan fingerprint density at radius 1 is 1.29 bits per heavy atom. The quantitative estimate of drug-likeness (QED) is 0.779. The van der Waals surface area contributed by atoms with Crippen LogP contribution < -0.4 is 10.6 Å². The molecule has 3 rings (SSSR count). The van der Waals surface area contributed by atoms with E-state index in [0.717, 1.165) is 22.3 Å². The number of nitrogens with one attached hydrogen (secondary N) is 2. The van der Waals surface area contributed by atoms with Gasteiger partial charge in [0.25, 0.3) is 0 Å². The highest BCUT2D eigenvalue weighted by atomic mass is 32.1. The van der Waals surface area contributed by atoms with Gasteiger partial charge in [0.05, 0.1) is 29.0 Å². The minimum atomic E-state index is -0.265. The molecule has 0 unspecified atom stereocenters. The molecule has 0 spiro atoms. The van der Waals surface area contributed by atoms with Crippen molar-refractivity contribution in [2.24, 2.45) is 0 Å². The number of benzene rings is 1. The number of urea groups is 1. The first kappa shape index (κ1) is 13.5. The fourth-order valence-electron chi connectivity index (χ4n) is 2.01. The van der Waals surface area contributed by atoms with E-state index in [0.29, 0.717) is 12.2 Å². The van der Waals surface area contributed by atoms with Gasteiger partial charge in [0.1, 0.15) is 0 Å². The summed E-state index contributed by atoms with van der Waals surface area (Å²) in [5.74, 6) is 0. The molecule has 3 aromatic rings. The summed E-state index contributed by atoms with van der Waals surface area (Å²) in [6.45, 7) is 2.34. The molecular weight excluding hydrogens is 284 g/mol. The zero-order valence-electron chi connectivity index (χ0n) is 11.5. The zero-order chi connectivity index (χ0) is 14.7. The van der Waals surface area contributed by atoms with Crippen molar-refractivity contribution in [1.29, 1.82) is 0 Å². The van der Waals surface area contributed by atoms with E-state index < -0.39 is 0 Å². The topological polar surface area (TPSA) is 66.9 Å². The molecule has 0 aliphatic heterocycles. The first-order chi connectivity index (χ1) is 10.2. The number of rotatable bonds is 3. The number of nitrogens with zero attached hydrogens (tertiary/aromatic N) is 2. The zero-order valence-corrected chi connectivity index (χ0v) is 12.3. The summed E-state index contributed by atoms with van der Waals surface area (Å²) in [7, 11) is 0. The summed E-state index contributed by atoms with van der Waals surface area (Å²) >= 11 is 1.51. The lowest BCUT2D eigenvalue weighted by Gasteiger charge is -2.09. The molecule has 2 aromatic heterocycles. The lowest BCUT2D eigenvalue weighted by molar-refractivity contribution is 0.251. The summed E-state index contributed by atoms with van der Waals surface area (Å²) < 4.78 is 0. The van der Waals surface area contributed by atoms with Crippen molar-refractivity contribution in [2.75, 3.05) is 5.32 Å². The molecule has 6 heteroatoms. The molecule has 106 valence electrons. The standard InChI is InChI=1S/C15H14N4OS/c1-10-5-6-11-3-2-4-13(14(11)18-10)19-15(20)16-7-12-8-21-9-17-12/h2-6,8-9H,7H2,1H3,(H2,16,19,20). The van der Waals surface area contributed by atoms with Gasteiger partial charge in [0.15, 0.2) is 0 Å². The van der Waals surface area contributed by atoms with Gasteiger partial charge in [0, 0.05) is 16.5 Å². The van der Waals surface area contributed by atoms with Crippen molar-refractivity contribution in [1.82, 2.24) is 15.3 Å². The molecule has 0 radical (unpaired) electrons. The molecule has 0 bridgehead atoms. The van der Waals surface area contributed by atoms with Crippen molar-refractivity contribution in [2.45, 2.75) is 13.5 Å². The molecule has 2 N–H and O–H groups in total. The lowest BCUT2D eigenvalue weighted by atomic mass is 10.2. The monoisotopic (exact) mass is 298 g/mol. The average Bonchev–Trinajstić information content (AvgIpc) is 2.99. The van der Waals surface area contributed by atoms with Gasteiger partial charge in [-0.25, -0.2) is 9.78 Å². The summed E-state index contributed by atoms with van der Waals surface area (Å²) in [5, 5.41) is 8.52. The number of hydrogen-bond donors (Lipinski definition) is 2. The van der Waals surface area contributed by atoms with Gasteiger partial charge in [-0.15, -0.1) is 11.3 Å². The second kappa shape index (κ2) is 5.88. The highest BCUT2D eigenvalue weighted by molar-refractivity contribution is 7.07. The van der Waals surface area contributed by atoms with E-state index >= 15 is 0 Å². The first-order valence-corrected chi connectivity index (χ1v) is 7.45. The molecule has 1 aromatic carbocycles. The van der Waals surface area contributed by atoms with Crippen LogP contribution in [0.3, 0.4) is 0 Å². The second-order valence-corrected chi connectivity index (χ2v) is 5.34. The minimum Gasteiger partial charge on any atom is -0.332 e. The third-order valence-electron chi connectivity index (χ3n) is 3.02. The molecule has 2 heterocycles. The van der Waals surface area contributed by atoms with Gasteiger partial charge < -0.3 is 10.6 Å². The number of hydrogen-bond acceptors (Lipinski definition) is 4. The highest BCUT2D eigenvalue weighted by Gasteiger charge is 2.07. The Labute approximate surface area is 126 Å². The predicted octanol–water partition coefficient (Wildman–Crippen LogP) is 3.32. The van der Waals surface area contributed by atoms with Crippen LogP contribution in [0.1, 0.15) is 11.4 Å². The molecule has 21 heavy (non-hydrogen) atoms. The summed E-state index contributed by atoms with van der Waals surface area (Å²) in [6.07, 6.45) is 0. The minimum absolute atomic E-state index is 0.265. The maximum absolute atomic E-state index is 12.0. The van der Waals surface area contributed by atoms with E-state index in [4.69, 9.17) is 0 Å². The van der Waals surface area contributed by atoms with Crippen molar-refractivity contribution >= 4 is 34.0 Å².